The summed E-state index contributed by atoms with van der Waals surface area (Å²) in [7, 11) is 0. The van der Waals surface area contributed by atoms with Crippen molar-refractivity contribution in [3.05, 3.63) is 94.8 Å². The van der Waals surface area contributed by atoms with Crippen LogP contribution < -0.4 is 5.32 Å². The summed E-state index contributed by atoms with van der Waals surface area (Å²) in [5, 5.41) is 13.5. The third-order valence-corrected chi connectivity index (χ3v) is 6.83. The molecule has 8 nitrogen and oxygen atoms in total. The van der Waals surface area contributed by atoms with Crippen LogP contribution in [0.1, 0.15) is 12.6 Å². The number of nitro groups is 1. The first-order valence-electron chi connectivity index (χ1n) is 11.0. The monoisotopic (exact) mass is 557 g/mol. The average molecular weight is 558 g/mol. The normalized spacial score (nSPS) is 12.1. The summed E-state index contributed by atoms with van der Waals surface area (Å²) < 4.78 is 40.5. The second-order valence-electron chi connectivity index (χ2n) is 7.78. The zero-order valence-corrected chi connectivity index (χ0v) is 21.2. The molecule has 1 N–H and O–H groups in total. The maximum atomic E-state index is 13.5. The summed E-state index contributed by atoms with van der Waals surface area (Å²) in [6, 6.07) is 18.5. The van der Waals surface area contributed by atoms with Gasteiger partial charge in [0, 0.05) is 34.5 Å². The van der Waals surface area contributed by atoms with E-state index >= 15 is 0 Å². The predicted octanol–water partition coefficient (Wildman–Crippen LogP) is 6.74. The third kappa shape index (κ3) is 7.07. The number of nitro benzene ring substituents is 1. The number of carbonyl (C=O) groups excluding carboxylic acids is 1. The second kappa shape index (κ2) is 11.6. The molecule has 0 saturated heterocycles. The Hall–Kier alpha value is -3.97. The molecule has 0 radical (unpaired) electrons. The lowest BCUT2D eigenvalue weighted by Gasteiger charge is -2.14. The van der Waals surface area contributed by atoms with Crippen LogP contribution in [-0.4, -0.2) is 31.0 Å². The zero-order valence-electron chi connectivity index (χ0n) is 19.5. The Labute approximate surface area is 223 Å². The van der Waals surface area contributed by atoms with Crippen LogP contribution in [-0.2, 0) is 11.0 Å². The maximum Gasteiger partial charge on any atom is 0.433 e. The quantitative estimate of drug-likeness (QED) is 0.110. The number of hydrogen-bond acceptors (Lipinski definition) is 8. The molecule has 2 aromatic heterocycles. The van der Waals surface area contributed by atoms with Gasteiger partial charge in [-0.05, 0) is 31.2 Å². The van der Waals surface area contributed by atoms with Gasteiger partial charge < -0.3 is 5.32 Å². The van der Waals surface area contributed by atoms with E-state index in [1.165, 1.54) is 30.8 Å². The van der Waals surface area contributed by atoms with Gasteiger partial charge in [0.15, 0.2) is 5.16 Å². The molecule has 194 valence electrons. The number of aromatic nitrogens is 3. The molecule has 0 unspecified atom stereocenters. The second-order valence-corrected chi connectivity index (χ2v) is 10.2. The fourth-order valence-electron chi connectivity index (χ4n) is 3.18. The Morgan fingerprint density at radius 2 is 1.76 bits per heavy atom. The number of amides is 1. The van der Waals surface area contributed by atoms with Crippen molar-refractivity contribution in [2.45, 2.75) is 33.4 Å². The number of benzene rings is 2. The number of halogens is 3. The minimum atomic E-state index is -4.71. The number of anilines is 1. The Morgan fingerprint density at radius 1 is 1.03 bits per heavy atom. The van der Waals surface area contributed by atoms with Crippen LogP contribution in [0.25, 0.3) is 11.3 Å². The molecule has 2 heterocycles. The van der Waals surface area contributed by atoms with Gasteiger partial charge in [-0.3, -0.25) is 14.9 Å². The van der Waals surface area contributed by atoms with E-state index in [9.17, 15) is 28.1 Å². The van der Waals surface area contributed by atoms with Gasteiger partial charge in [-0.15, -0.1) is 0 Å². The first-order chi connectivity index (χ1) is 18.1. The summed E-state index contributed by atoms with van der Waals surface area (Å²) in [6.45, 7) is 1.48. The van der Waals surface area contributed by atoms with Crippen molar-refractivity contribution in [3.63, 3.8) is 0 Å². The highest BCUT2D eigenvalue weighted by Gasteiger charge is 2.34. The van der Waals surface area contributed by atoms with E-state index in [0.29, 0.717) is 15.5 Å². The lowest BCUT2D eigenvalue weighted by molar-refractivity contribution is -0.385. The molecular formula is C25H18F3N5O3S2. The fourth-order valence-corrected chi connectivity index (χ4v) is 4.83. The molecule has 0 aliphatic rings. The van der Waals surface area contributed by atoms with Crippen LogP contribution >= 0.6 is 23.5 Å². The van der Waals surface area contributed by atoms with Gasteiger partial charge >= 0.3 is 6.18 Å². The van der Waals surface area contributed by atoms with Gasteiger partial charge in [0.2, 0.25) is 5.91 Å². The zero-order chi connectivity index (χ0) is 27.3. The van der Waals surface area contributed by atoms with Crippen LogP contribution in [0, 0.1) is 10.1 Å². The Morgan fingerprint density at radius 3 is 2.42 bits per heavy atom. The van der Waals surface area contributed by atoms with E-state index in [0.717, 1.165) is 17.8 Å². The summed E-state index contributed by atoms with van der Waals surface area (Å²) in [6.07, 6.45) is -3.13. The molecule has 1 atom stereocenters. The SMILES string of the molecule is C[C@@H](Sc1nc(-c2ccccc2)cc(C(F)(F)F)n1)C(=O)Nc1cc(Sc2ccccn2)cc([N+](=O)[O-])c1. The Kier molecular flexibility index (Phi) is 8.27. The molecule has 0 bridgehead atoms. The molecule has 38 heavy (non-hydrogen) atoms. The number of carbonyl (C=O) groups is 1. The topological polar surface area (TPSA) is 111 Å². The lowest BCUT2D eigenvalue weighted by Crippen LogP contribution is -2.23. The van der Waals surface area contributed by atoms with Gasteiger partial charge in [-0.2, -0.15) is 13.2 Å². The smallest absolute Gasteiger partial charge is 0.325 e. The van der Waals surface area contributed by atoms with Crippen molar-refractivity contribution >= 4 is 40.8 Å². The van der Waals surface area contributed by atoms with Crippen LogP contribution in [0.5, 0.6) is 0 Å². The first-order valence-corrected chi connectivity index (χ1v) is 12.7. The van der Waals surface area contributed by atoms with Gasteiger partial charge in [-0.1, -0.05) is 59.9 Å². The van der Waals surface area contributed by atoms with Gasteiger partial charge in [-0.25, -0.2) is 15.0 Å². The van der Waals surface area contributed by atoms with E-state index < -0.39 is 28.0 Å². The van der Waals surface area contributed by atoms with E-state index in [1.54, 1.807) is 60.8 Å². The third-order valence-electron chi connectivity index (χ3n) is 4.95. The minimum absolute atomic E-state index is 0.0675. The molecule has 13 heteroatoms. The highest BCUT2D eigenvalue weighted by Crippen LogP contribution is 2.34. The molecule has 1 amide bonds. The molecule has 0 aliphatic heterocycles. The average Bonchev–Trinajstić information content (AvgIpc) is 2.89. The summed E-state index contributed by atoms with van der Waals surface area (Å²) in [4.78, 5) is 36.2. The number of nitrogens with one attached hydrogen (secondary N) is 1. The number of hydrogen-bond donors (Lipinski definition) is 1. The van der Waals surface area contributed by atoms with Gasteiger partial charge in [0.25, 0.3) is 5.69 Å². The van der Waals surface area contributed by atoms with Gasteiger partial charge in [0.05, 0.1) is 15.9 Å². The van der Waals surface area contributed by atoms with Crippen molar-refractivity contribution in [1.82, 2.24) is 15.0 Å². The van der Waals surface area contributed by atoms with Crippen molar-refractivity contribution in [2.24, 2.45) is 0 Å². The number of thioether (sulfide) groups is 1. The summed E-state index contributed by atoms with van der Waals surface area (Å²) in [5.74, 6) is -0.591. The number of rotatable bonds is 8. The van der Waals surface area contributed by atoms with Crippen molar-refractivity contribution in [2.75, 3.05) is 5.32 Å². The van der Waals surface area contributed by atoms with Crippen molar-refractivity contribution in [3.8, 4) is 11.3 Å². The number of nitrogens with zero attached hydrogens (tertiary/aromatic N) is 4. The number of pyridine rings is 1. The van der Waals surface area contributed by atoms with Crippen LogP contribution in [0.2, 0.25) is 0 Å². The molecule has 0 aliphatic carbocycles. The largest absolute Gasteiger partial charge is 0.433 e. The maximum absolute atomic E-state index is 13.5. The highest BCUT2D eigenvalue weighted by atomic mass is 32.2. The summed E-state index contributed by atoms with van der Waals surface area (Å²) >= 11 is 1.92. The van der Waals surface area contributed by atoms with E-state index in [1.807, 2.05) is 0 Å². The van der Waals surface area contributed by atoms with E-state index in [4.69, 9.17) is 0 Å². The Balaban J connectivity index is 1.56. The lowest BCUT2D eigenvalue weighted by atomic mass is 10.1. The standard InChI is InChI=1S/C25H18F3N5O3S2/c1-15(37-24-31-20(16-7-3-2-4-8-16)14-21(32-24)25(26,27)28)23(34)30-17-11-18(33(35)36)13-19(12-17)38-22-9-5-6-10-29-22/h2-15H,1H3,(H,30,34)/t15-/m1/s1. The summed E-state index contributed by atoms with van der Waals surface area (Å²) in [5.41, 5.74) is -0.677. The fraction of sp³-hybridized carbons (Fsp3) is 0.120. The molecular weight excluding hydrogens is 539 g/mol. The van der Waals surface area contributed by atoms with Crippen molar-refractivity contribution in [1.29, 1.82) is 0 Å². The Bertz CT molecular complexity index is 1460. The van der Waals surface area contributed by atoms with Crippen molar-refractivity contribution < 1.29 is 22.9 Å². The molecule has 0 spiro atoms. The molecule has 0 saturated carbocycles. The molecule has 2 aromatic carbocycles. The molecule has 4 aromatic rings. The number of non-ortho nitro benzene ring substituents is 1. The van der Waals surface area contributed by atoms with E-state index in [-0.39, 0.29) is 22.2 Å². The first kappa shape index (κ1) is 27.1. The predicted molar refractivity (Wildman–Crippen MR) is 138 cm³/mol. The minimum Gasteiger partial charge on any atom is -0.325 e. The molecule has 0 fully saturated rings. The van der Waals surface area contributed by atoms with E-state index in [2.05, 4.69) is 20.3 Å². The van der Waals surface area contributed by atoms with Crippen LogP contribution in [0.4, 0.5) is 24.5 Å². The van der Waals surface area contributed by atoms with Crippen LogP contribution in [0.3, 0.4) is 0 Å². The number of alkyl halides is 3. The highest BCUT2D eigenvalue weighted by molar-refractivity contribution is 8.00. The molecule has 4 rings (SSSR count). The van der Waals surface area contributed by atoms with Gasteiger partial charge in [0.1, 0.15) is 10.7 Å². The van der Waals surface area contributed by atoms with Crippen LogP contribution in [0.15, 0.2) is 94.1 Å².